The molecule has 2 amide bonds. The van der Waals surface area contributed by atoms with Gasteiger partial charge in [-0.1, -0.05) is 19.1 Å². The number of hydrogen-bond acceptors (Lipinski definition) is 5. The van der Waals surface area contributed by atoms with Crippen LogP contribution in [0.15, 0.2) is 42.5 Å². The van der Waals surface area contributed by atoms with E-state index in [9.17, 15) is 14.0 Å². The summed E-state index contributed by atoms with van der Waals surface area (Å²) < 4.78 is 19.8. The topological polar surface area (TPSA) is 65.1 Å². The predicted octanol–water partition coefficient (Wildman–Crippen LogP) is 2.96. The summed E-state index contributed by atoms with van der Waals surface area (Å²) in [6, 6.07) is 11.5. The molecule has 2 heterocycles. The van der Waals surface area contributed by atoms with Gasteiger partial charge in [0.1, 0.15) is 18.1 Å². The highest BCUT2D eigenvalue weighted by molar-refractivity contribution is 6.03. The molecule has 0 unspecified atom stereocenters. The zero-order chi connectivity index (χ0) is 23.5. The molecule has 0 spiro atoms. The average Bonchev–Trinajstić information content (AvgIpc) is 2.82. The largest absolute Gasteiger partial charge is 0.479 e. The minimum Gasteiger partial charge on any atom is -0.479 e. The van der Waals surface area contributed by atoms with Gasteiger partial charge in [-0.3, -0.25) is 14.5 Å². The number of hydrogen-bond donors (Lipinski definition) is 1. The third-order valence-electron chi connectivity index (χ3n) is 6.37. The molecule has 0 bridgehead atoms. The van der Waals surface area contributed by atoms with Crippen molar-refractivity contribution in [3.63, 3.8) is 0 Å². The fraction of sp³-hybridized carbons (Fsp3) is 0.440. The van der Waals surface area contributed by atoms with Crippen molar-refractivity contribution in [2.24, 2.45) is 0 Å². The van der Waals surface area contributed by atoms with Crippen LogP contribution in [-0.2, 0) is 9.59 Å². The number of piperazine rings is 1. The standard InChI is InChI=1S/C25H31FN4O3/c1-4-28-11-13-29(14-12-28)21-10-9-19(26)15-20(21)17(2)27-24(31)16-30-22-7-5-6-8-23(22)33-18(3)25(30)32/h5-10,15,17-18H,4,11-14,16H2,1-3H3,(H,27,31)/t17-,18+/m0/s1. The second-order valence-electron chi connectivity index (χ2n) is 8.57. The third-order valence-corrected chi connectivity index (χ3v) is 6.37. The van der Waals surface area contributed by atoms with E-state index in [2.05, 4.69) is 22.0 Å². The first kappa shape index (κ1) is 23.0. The molecule has 1 saturated heterocycles. The highest BCUT2D eigenvalue weighted by Crippen LogP contribution is 2.33. The van der Waals surface area contributed by atoms with Crippen LogP contribution in [0.3, 0.4) is 0 Å². The summed E-state index contributed by atoms with van der Waals surface area (Å²) >= 11 is 0. The lowest BCUT2D eigenvalue weighted by atomic mass is 10.0. The smallest absolute Gasteiger partial charge is 0.268 e. The van der Waals surface area contributed by atoms with Crippen molar-refractivity contribution in [2.45, 2.75) is 32.9 Å². The molecule has 2 aliphatic rings. The second kappa shape index (κ2) is 9.79. The van der Waals surface area contributed by atoms with Crippen molar-refractivity contribution < 1.29 is 18.7 Å². The minimum atomic E-state index is -0.665. The van der Waals surface area contributed by atoms with Gasteiger partial charge >= 0.3 is 0 Å². The maximum atomic E-state index is 14.2. The number of halogens is 1. The number of nitrogens with zero attached hydrogens (tertiary/aromatic N) is 3. The number of para-hydroxylation sites is 2. The van der Waals surface area contributed by atoms with Crippen LogP contribution >= 0.6 is 0 Å². The summed E-state index contributed by atoms with van der Waals surface area (Å²) in [5.74, 6) is -0.347. The Morgan fingerprint density at radius 2 is 1.88 bits per heavy atom. The summed E-state index contributed by atoms with van der Waals surface area (Å²) in [6.45, 7) is 10.1. The summed E-state index contributed by atoms with van der Waals surface area (Å²) in [7, 11) is 0. The molecule has 0 saturated carbocycles. The fourth-order valence-corrected chi connectivity index (χ4v) is 4.50. The van der Waals surface area contributed by atoms with Gasteiger partial charge in [0.25, 0.3) is 5.91 Å². The lowest BCUT2D eigenvalue weighted by molar-refractivity contribution is -0.128. The van der Waals surface area contributed by atoms with Crippen LogP contribution in [0.1, 0.15) is 32.4 Å². The average molecular weight is 455 g/mol. The van der Waals surface area contributed by atoms with E-state index in [4.69, 9.17) is 4.74 Å². The van der Waals surface area contributed by atoms with Crippen molar-refractivity contribution in [3.05, 3.63) is 53.8 Å². The molecule has 8 heteroatoms. The molecule has 0 aromatic heterocycles. The number of carbonyl (C=O) groups is 2. The number of likely N-dealkylation sites (N-methyl/N-ethyl adjacent to an activating group) is 1. The molecular weight excluding hydrogens is 423 g/mol. The van der Waals surface area contributed by atoms with Gasteiger partial charge in [0.15, 0.2) is 6.10 Å². The number of fused-ring (bicyclic) bond motifs is 1. The molecule has 2 aromatic rings. The Hall–Kier alpha value is -3.13. The molecule has 0 aliphatic carbocycles. The van der Waals surface area contributed by atoms with Crippen LogP contribution in [0.4, 0.5) is 15.8 Å². The number of rotatable bonds is 6. The Morgan fingerprint density at radius 3 is 2.61 bits per heavy atom. The SMILES string of the molecule is CCN1CCN(c2ccc(F)cc2[C@H](C)NC(=O)CN2C(=O)[C@@H](C)Oc3ccccc32)CC1. The first-order valence-electron chi connectivity index (χ1n) is 11.5. The van der Waals surface area contributed by atoms with Gasteiger partial charge in [-0.05, 0) is 50.7 Å². The molecule has 2 aliphatic heterocycles. The normalized spacial score (nSPS) is 19.6. The first-order chi connectivity index (χ1) is 15.9. The lowest BCUT2D eigenvalue weighted by Gasteiger charge is -2.37. The summed E-state index contributed by atoms with van der Waals surface area (Å²) in [4.78, 5) is 31.7. The molecule has 0 radical (unpaired) electrons. The molecular formula is C25H31FN4O3. The zero-order valence-electron chi connectivity index (χ0n) is 19.4. The molecule has 33 heavy (non-hydrogen) atoms. The van der Waals surface area contributed by atoms with Gasteiger partial charge in [-0.15, -0.1) is 0 Å². The summed E-state index contributed by atoms with van der Waals surface area (Å²) in [5, 5.41) is 2.96. The van der Waals surface area contributed by atoms with Gasteiger partial charge < -0.3 is 19.9 Å². The van der Waals surface area contributed by atoms with Gasteiger partial charge in [-0.25, -0.2) is 4.39 Å². The van der Waals surface area contributed by atoms with Crippen LogP contribution < -0.4 is 19.9 Å². The zero-order valence-corrected chi connectivity index (χ0v) is 19.4. The van der Waals surface area contributed by atoms with Crippen LogP contribution in [0.5, 0.6) is 5.75 Å². The van der Waals surface area contributed by atoms with Gasteiger partial charge in [-0.2, -0.15) is 0 Å². The van der Waals surface area contributed by atoms with E-state index in [1.165, 1.54) is 17.0 Å². The summed E-state index contributed by atoms with van der Waals surface area (Å²) in [5.41, 5.74) is 2.24. The number of anilines is 2. The Balaban J connectivity index is 1.49. The maximum Gasteiger partial charge on any atom is 0.268 e. The molecule has 2 aromatic carbocycles. The van der Waals surface area contributed by atoms with Crippen molar-refractivity contribution >= 4 is 23.2 Å². The van der Waals surface area contributed by atoms with E-state index in [1.807, 2.05) is 13.0 Å². The Kier molecular flexibility index (Phi) is 6.83. The van der Waals surface area contributed by atoms with E-state index in [-0.39, 0.29) is 24.2 Å². The first-order valence-corrected chi connectivity index (χ1v) is 11.5. The van der Waals surface area contributed by atoms with Crippen LogP contribution in [0.25, 0.3) is 0 Å². The van der Waals surface area contributed by atoms with E-state index in [1.54, 1.807) is 31.2 Å². The number of benzene rings is 2. The quantitative estimate of drug-likeness (QED) is 0.727. The van der Waals surface area contributed by atoms with Crippen molar-refractivity contribution in [1.82, 2.24) is 10.2 Å². The number of ether oxygens (including phenoxy) is 1. The third kappa shape index (κ3) is 4.95. The van der Waals surface area contributed by atoms with E-state index in [0.717, 1.165) is 44.0 Å². The highest BCUT2D eigenvalue weighted by Gasteiger charge is 2.33. The predicted molar refractivity (Wildman–Crippen MR) is 126 cm³/mol. The number of carbonyl (C=O) groups excluding carboxylic acids is 2. The van der Waals surface area contributed by atoms with Crippen molar-refractivity contribution in [1.29, 1.82) is 0 Å². The fourth-order valence-electron chi connectivity index (χ4n) is 4.50. The monoisotopic (exact) mass is 454 g/mol. The Morgan fingerprint density at radius 1 is 1.15 bits per heavy atom. The van der Waals surface area contributed by atoms with Crippen molar-refractivity contribution in [3.8, 4) is 5.75 Å². The minimum absolute atomic E-state index is 0.131. The van der Waals surface area contributed by atoms with E-state index in [0.29, 0.717) is 11.4 Å². The maximum absolute atomic E-state index is 14.2. The number of nitrogens with one attached hydrogen (secondary N) is 1. The second-order valence-corrected chi connectivity index (χ2v) is 8.57. The van der Waals surface area contributed by atoms with E-state index < -0.39 is 12.1 Å². The van der Waals surface area contributed by atoms with Gasteiger partial charge in [0.2, 0.25) is 5.91 Å². The van der Waals surface area contributed by atoms with Gasteiger partial charge in [0.05, 0.1) is 11.7 Å². The van der Waals surface area contributed by atoms with Crippen LogP contribution in [-0.4, -0.2) is 62.1 Å². The molecule has 7 nitrogen and oxygen atoms in total. The Labute approximate surface area is 194 Å². The molecule has 1 N–H and O–H groups in total. The van der Waals surface area contributed by atoms with Crippen LogP contribution in [0.2, 0.25) is 0 Å². The molecule has 1 fully saturated rings. The molecule has 2 atom stereocenters. The summed E-state index contributed by atoms with van der Waals surface area (Å²) in [6.07, 6.45) is -0.665. The lowest BCUT2D eigenvalue weighted by Crippen LogP contribution is -2.49. The van der Waals surface area contributed by atoms with Gasteiger partial charge in [0, 0.05) is 37.4 Å². The molecule has 4 rings (SSSR count). The number of amides is 2. The molecule has 176 valence electrons. The van der Waals surface area contributed by atoms with Crippen molar-refractivity contribution in [2.75, 3.05) is 49.1 Å². The van der Waals surface area contributed by atoms with Crippen LogP contribution in [0, 0.1) is 5.82 Å². The van der Waals surface area contributed by atoms with E-state index >= 15 is 0 Å². The Bertz CT molecular complexity index is 1020. The highest BCUT2D eigenvalue weighted by atomic mass is 19.1.